The minimum atomic E-state index is -0.258. The van der Waals surface area contributed by atoms with Crippen LogP contribution in [0.25, 0.3) is 44.7 Å². The van der Waals surface area contributed by atoms with Gasteiger partial charge in [0.2, 0.25) is 23.8 Å². The highest BCUT2D eigenvalue weighted by Gasteiger charge is 2.27. The number of anilines is 4. The Morgan fingerprint density at radius 3 is 0.923 bits per heavy atom. The van der Waals surface area contributed by atoms with Crippen molar-refractivity contribution < 1.29 is 4.74 Å². The predicted octanol–water partition coefficient (Wildman–Crippen LogP) is 11.6. The molecule has 33 nitrogen and oxygen atoms in total. The van der Waals surface area contributed by atoms with Crippen LogP contribution in [0, 0.1) is 59.0 Å². The number of halogens is 7. The van der Waals surface area contributed by atoms with E-state index >= 15 is 0 Å². The van der Waals surface area contributed by atoms with Crippen LogP contribution in [-0.2, 0) is 78.5 Å². The van der Waals surface area contributed by atoms with E-state index in [-0.39, 0.29) is 93.3 Å². The van der Waals surface area contributed by atoms with Crippen LogP contribution >= 0.6 is 96.5 Å². The molecule has 16 heterocycles. The summed E-state index contributed by atoms with van der Waals surface area (Å²) < 4.78 is 28.0. The SMILES string of the molecule is COc1c(C)cnc(Cn2c(=O)n(CCn3cccc3)c3c(Cl)nc(N)nc32)c1C.Cc1cnc(Cn2c(=O)n(CCn3cccc3)c3c(Cl)nc(N)nc32)c(C)c1Br.Cc1cnc(Cn2c(=O)n(CCn3cccc3)c3c(Cl)nc(N)nc32)c(C)c1Cl.Cc1cnc(Cn2c(=O)n(CCn3cccc3)c3c(Cl)nc(N)nc32)c(C)c1I. The average molecular weight is 1860 g/mol. The molecule has 0 bridgehead atoms. The second kappa shape index (κ2) is 35.7. The number of nitrogens with two attached hydrogens (primary N) is 4. The van der Waals surface area contributed by atoms with Crippen molar-refractivity contribution in [2.24, 2.45) is 0 Å². The third-order valence-corrected chi connectivity index (χ3v) is 24.4. The number of rotatable bonds is 21. The Hall–Kier alpha value is -11.2. The second-order valence-corrected chi connectivity index (χ2v) is 31.2. The molecule has 40 heteroatoms. The van der Waals surface area contributed by atoms with Crippen molar-refractivity contribution in [1.82, 2.24) is 115 Å². The highest BCUT2D eigenvalue weighted by molar-refractivity contribution is 14.1. The summed E-state index contributed by atoms with van der Waals surface area (Å²) in [6.07, 6.45) is 22.5. The van der Waals surface area contributed by atoms with Crippen LogP contribution < -0.4 is 50.4 Å². The number of aryl methyl sites for hydroxylation is 12. The van der Waals surface area contributed by atoms with Crippen molar-refractivity contribution in [2.45, 2.75) is 134 Å². The van der Waals surface area contributed by atoms with Gasteiger partial charge in [-0.2, -0.15) is 39.9 Å². The maximum absolute atomic E-state index is 13.3. The van der Waals surface area contributed by atoms with Crippen LogP contribution in [0.3, 0.4) is 0 Å². The molecule has 0 aliphatic rings. The van der Waals surface area contributed by atoms with Gasteiger partial charge in [0.1, 0.15) is 27.8 Å². The lowest BCUT2D eigenvalue weighted by molar-refractivity contribution is 0.406. The predicted molar refractivity (Wildman–Crippen MR) is 466 cm³/mol. The molecule has 8 N–H and O–H groups in total. The fourth-order valence-electron chi connectivity index (χ4n) is 13.6. The molecule has 0 unspecified atom stereocenters. The average Bonchev–Trinajstić information content (AvgIpc) is 1.62. The standard InChI is InChI=1S/C20H22ClN7O2.C19H19BrClN7O.C19H19Cl2N7O.C19H19ClIN7O/c1-12-10-23-14(13(2)16(12)30-3)11-28-18-15(17(21)24-19(22)25-18)27(20(28)29)9-8-26-6-4-5-7-26;2*1-11-9-23-13(12(2)14(11)20)10-28-17-15(16(21)24-18(22)25-17)27(19(28)29)8-7-26-5-3-4-6-26;1-11-9-23-13(12(2)14(11)21)10-28-17-15(16(20)24-18(22)25-17)27(19(28)29)8-7-26-5-3-4-6-26/h4-7,10H,8-9,11H2,1-3H3,(H2,22,24,25);3*3-6,9H,7-8,10H2,1-2H3,(H2,22,24,25). The van der Waals surface area contributed by atoms with Gasteiger partial charge in [0.05, 0.1) is 56.1 Å². The van der Waals surface area contributed by atoms with Gasteiger partial charge < -0.3 is 45.9 Å². The van der Waals surface area contributed by atoms with Crippen molar-refractivity contribution in [1.29, 1.82) is 0 Å². The van der Waals surface area contributed by atoms with Gasteiger partial charge in [-0.15, -0.1) is 0 Å². The van der Waals surface area contributed by atoms with Crippen LogP contribution in [0.2, 0.25) is 25.6 Å². The molecule has 0 aliphatic heterocycles. The molecular formula is C77H79BrCl5IN28O5. The summed E-state index contributed by atoms with van der Waals surface area (Å²) in [7, 11) is 1.62. The number of fused-ring (bicyclic) bond motifs is 4. The third kappa shape index (κ3) is 17.6. The van der Waals surface area contributed by atoms with Crippen molar-refractivity contribution in [3.63, 3.8) is 0 Å². The zero-order valence-corrected chi connectivity index (χ0v) is 72.3. The number of nitrogen functional groups attached to an aromatic ring is 4. The molecule has 0 atom stereocenters. The van der Waals surface area contributed by atoms with Crippen LogP contribution in [-0.4, -0.2) is 122 Å². The highest BCUT2D eigenvalue weighted by Crippen LogP contribution is 2.31. The molecule has 0 saturated heterocycles. The number of aromatic nitrogens is 24. The van der Waals surface area contributed by atoms with E-state index in [0.29, 0.717) is 113 Å². The molecule has 16 aromatic rings. The first-order chi connectivity index (χ1) is 56.0. The fraction of sp³-hybridized carbons (Fsp3) is 0.273. The van der Waals surface area contributed by atoms with Crippen LogP contribution in [0.5, 0.6) is 5.75 Å². The van der Waals surface area contributed by atoms with Crippen LogP contribution in [0.1, 0.15) is 67.3 Å². The monoisotopic (exact) mass is 1860 g/mol. The molecule has 16 aromatic heterocycles. The van der Waals surface area contributed by atoms with Crippen molar-refractivity contribution in [3.8, 4) is 5.75 Å². The molecular weight excluding hydrogens is 1780 g/mol. The topological polar surface area (TPSA) is 395 Å². The first-order valence-corrected chi connectivity index (χ1v) is 40.2. The number of imidazole rings is 4. The van der Waals surface area contributed by atoms with E-state index in [1.807, 2.05) is 178 Å². The summed E-state index contributed by atoms with van der Waals surface area (Å²) >= 11 is 37.7. The minimum Gasteiger partial charge on any atom is -0.496 e. The smallest absolute Gasteiger partial charge is 0.330 e. The number of ether oxygens (including phenoxy) is 1. The van der Waals surface area contributed by atoms with E-state index in [9.17, 15) is 19.2 Å². The Bertz CT molecular complexity index is 6170. The van der Waals surface area contributed by atoms with E-state index in [4.69, 9.17) is 85.7 Å². The van der Waals surface area contributed by atoms with Gasteiger partial charge in [0.15, 0.2) is 43.2 Å². The number of nitrogens with zero attached hydrogens (tertiary/aromatic N) is 24. The first-order valence-electron chi connectivity index (χ1n) is 36.4. The maximum atomic E-state index is 13.3. The molecule has 0 aliphatic carbocycles. The molecule has 0 aromatic carbocycles. The Balaban J connectivity index is 0.000000135. The van der Waals surface area contributed by atoms with Gasteiger partial charge in [0.25, 0.3) is 0 Å². The largest absolute Gasteiger partial charge is 0.496 e. The Labute approximate surface area is 714 Å². The number of hydrogen-bond acceptors (Lipinski definition) is 21. The van der Waals surface area contributed by atoms with Gasteiger partial charge in [-0.25, -0.2) is 19.2 Å². The van der Waals surface area contributed by atoms with E-state index < -0.39 is 0 Å². The minimum absolute atomic E-state index is 0.00503. The van der Waals surface area contributed by atoms with Crippen molar-refractivity contribution >= 4 is 165 Å². The Morgan fingerprint density at radius 1 is 0.350 bits per heavy atom. The summed E-state index contributed by atoms with van der Waals surface area (Å²) in [6.45, 7) is 20.6. The van der Waals surface area contributed by atoms with E-state index in [0.717, 1.165) is 69.7 Å². The summed E-state index contributed by atoms with van der Waals surface area (Å²) in [5, 5.41) is 1.24. The van der Waals surface area contributed by atoms with Crippen molar-refractivity contribution in [2.75, 3.05) is 30.0 Å². The van der Waals surface area contributed by atoms with Gasteiger partial charge in [-0.3, -0.25) is 56.5 Å². The molecule has 0 amide bonds. The third-order valence-electron chi connectivity index (χ3n) is 19.9. The fourth-order valence-corrected chi connectivity index (χ4v) is 15.7. The number of methoxy groups -OCH3 is 1. The van der Waals surface area contributed by atoms with E-state index in [2.05, 4.69) is 98.3 Å². The van der Waals surface area contributed by atoms with Crippen LogP contribution in [0.4, 0.5) is 23.8 Å². The summed E-state index contributed by atoms with van der Waals surface area (Å²) in [6, 6.07) is 15.5. The first kappa shape index (κ1) is 83.7. The lowest BCUT2D eigenvalue weighted by Crippen LogP contribution is -2.26. The van der Waals surface area contributed by atoms with Gasteiger partial charge in [0, 0.05) is 151 Å². The second-order valence-electron chi connectivity index (χ2n) is 27.5. The lowest BCUT2D eigenvalue weighted by atomic mass is 10.1. The molecule has 0 spiro atoms. The van der Waals surface area contributed by atoms with Gasteiger partial charge >= 0.3 is 22.8 Å². The summed E-state index contributed by atoms with van der Waals surface area (Å²) in [4.78, 5) is 105. The zero-order valence-electron chi connectivity index (χ0n) is 64.8. The Kier molecular flexibility index (Phi) is 25.5. The van der Waals surface area contributed by atoms with Crippen LogP contribution in [0.15, 0.2) is 147 Å². The Morgan fingerprint density at radius 2 is 0.615 bits per heavy atom. The molecule has 606 valence electrons. The zero-order chi connectivity index (χ0) is 83.5. The molecule has 117 heavy (non-hydrogen) atoms. The van der Waals surface area contributed by atoms with Gasteiger partial charge in [-0.1, -0.05) is 73.9 Å². The highest BCUT2D eigenvalue weighted by atomic mass is 127. The molecule has 16 rings (SSSR count). The van der Waals surface area contributed by atoms with E-state index in [1.54, 1.807) is 53.1 Å². The molecule has 0 radical (unpaired) electrons. The summed E-state index contributed by atoms with van der Waals surface area (Å²) in [5.41, 5.74) is 36.3. The van der Waals surface area contributed by atoms with Crippen molar-refractivity contribution in [3.05, 3.63) is 266 Å². The lowest BCUT2D eigenvalue weighted by Gasteiger charge is -2.12. The number of pyridine rings is 4. The quantitative estimate of drug-likeness (QED) is 0.0383. The normalized spacial score (nSPS) is 11.4. The summed E-state index contributed by atoms with van der Waals surface area (Å²) in [5.74, 6) is 0.813. The molecule has 0 saturated carbocycles. The number of hydrogen-bond donors (Lipinski definition) is 4. The van der Waals surface area contributed by atoms with Gasteiger partial charge in [-0.05, 0) is 160 Å². The molecule has 0 fully saturated rings. The van der Waals surface area contributed by atoms with E-state index in [1.165, 1.54) is 9.13 Å². The maximum Gasteiger partial charge on any atom is 0.330 e.